The molecule has 1 spiro atoms. The fourth-order valence-electron chi connectivity index (χ4n) is 9.23. The maximum atomic E-state index is 15.3. The zero-order valence-electron chi connectivity index (χ0n) is 41.0. The van der Waals surface area contributed by atoms with Crippen molar-refractivity contribution in [3.63, 3.8) is 0 Å². The number of nitrogens with zero attached hydrogens (tertiary/aromatic N) is 2. The molecule has 380 valence electrons. The van der Waals surface area contributed by atoms with Gasteiger partial charge in [-0.2, -0.15) is 0 Å². The molecule has 3 aliphatic heterocycles. The average Bonchev–Trinajstić information content (AvgIpc) is 3.85. The van der Waals surface area contributed by atoms with Gasteiger partial charge < -0.3 is 32.8 Å². The number of phosphoric acid groups is 1. The number of rotatable bonds is 13. The van der Waals surface area contributed by atoms with Crippen molar-refractivity contribution in [2.75, 3.05) is 35.0 Å². The number of nitrogens with one attached hydrogen (secondary N) is 2. The lowest BCUT2D eigenvalue weighted by molar-refractivity contribution is -0.129. The van der Waals surface area contributed by atoms with E-state index in [9.17, 15) is 19.2 Å². The number of ether oxygens (including phenoxy) is 6. The Morgan fingerprint density at radius 2 is 1.27 bits per heavy atom. The third kappa shape index (κ3) is 10.1. The van der Waals surface area contributed by atoms with Gasteiger partial charge in [0.05, 0.1) is 13.7 Å². The van der Waals surface area contributed by atoms with Crippen LogP contribution in [0.2, 0.25) is 18.1 Å². The molecule has 8 rings (SSSR count). The largest absolute Gasteiger partial charge is 0.497 e. The molecule has 2 unspecified atom stereocenters. The first kappa shape index (κ1) is 52.0. The lowest BCUT2D eigenvalue weighted by Crippen LogP contribution is -2.55. The molecular weight excluding hydrogens is 956 g/mol. The number of aromatic nitrogens is 4. The molecule has 0 bridgehead atoms. The van der Waals surface area contributed by atoms with Crippen molar-refractivity contribution in [2.24, 2.45) is 0 Å². The number of aromatic amines is 2. The Labute approximate surface area is 411 Å². The van der Waals surface area contributed by atoms with E-state index in [1.807, 2.05) is 84.9 Å². The molecule has 0 amide bonds. The van der Waals surface area contributed by atoms with Crippen LogP contribution < -0.4 is 27.2 Å². The van der Waals surface area contributed by atoms with Crippen molar-refractivity contribution >= 4 is 16.1 Å². The molecule has 3 aromatic carbocycles. The normalized spacial score (nSPS) is 28.4. The number of phosphoric ester groups is 1. The fourth-order valence-corrected chi connectivity index (χ4v) is 11.7. The SMILES string of the molecule is COc1ccc(C(OC2C=CC[C@]3(COP(=O)(OC)O[C@H]4[C@@H](OC)[C@H](n5ccc(=O)[nH]c5=O)O[C@H]24)O[C@@H](n2ccc(=O)[nH]c2=O)[C@H](OC)[C@@H]3O[Si](C)(C)C(C)(C)C)(c2ccccc2)c2ccccc2)cc1. The molecule has 10 atom stereocenters. The molecule has 0 radical (unpaired) electrons. The van der Waals surface area contributed by atoms with E-state index >= 15 is 4.57 Å². The summed E-state index contributed by atoms with van der Waals surface area (Å²) in [7, 11) is -1.95. The first-order valence-corrected chi connectivity index (χ1v) is 27.5. The van der Waals surface area contributed by atoms with Gasteiger partial charge in [-0.3, -0.25) is 42.3 Å². The summed E-state index contributed by atoms with van der Waals surface area (Å²) in [5.74, 6) is 0.603. The molecule has 21 heteroatoms. The van der Waals surface area contributed by atoms with Gasteiger partial charge in [-0.05, 0) is 53.4 Å². The van der Waals surface area contributed by atoms with Crippen LogP contribution in [0.25, 0.3) is 0 Å². The molecule has 0 aliphatic carbocycles. The Balaban J connectivity index is 1.37. The molecule has 2 saturated heterocycles. The second kappa shape index (κ2) is 20.6. The van der Waals surface area contributed by atoms with Crippen LogP contribution in [0, 0.1) is 0 Å². The highest BCUT2D eigenvalue weighted by molar-refractivity contribution is 7.48. The van der Waals surface area contributed by atoms with E-state index in [0.717, 1.165) is 11.7 Å². The van der Waals surface area contributed by atoms with Crippen molar-refractivity contribution in [1.29, 1.82) is 0 Å². The van der Waals surface area contributed by atoms with E-state index in [2.05, 4.69) is 43.8 Å². The molecular formula is C50H61N4O15PSi. The van der Waals surface area contributed by atoms with Gasteiger partial charge in [0.15, 0.2) is 20.8 Å². The van der Waals surface area contributed by atoms with Crippen LogP contribution in [0.3, 0.4) is 0 Å². The van der Waals surface area contributed by atoms with Gasteiger partial charge in [0, 0.05) is 45.9 Å². The summed E-state index contributed by atoms with van der Waals surface area (Å²) in [6.45, 7) is 9.82. The highest BCUT2D eigenvalue weighted by atomic mass is 31.2. The third-order valence-electron chi connectivity index (χ3n) is 13.9. The number of methoxy groups -OCH3 is 3. The summed E-state index contributed by atoms with van der Waals surface area (Å²) in [6.07, 6.45) is -3.49. The molecule has 19 nitrogen and oxygen atoms in total. The number of benzene rings is 3. The van der Waals surface area contributed by atoms with Crippen molar-refractivity contribution in [3.05, 3.63) is 180 Å². The summed E-state index contributed by atoms with van der Waals surface area (Å²) in [5, 5.41) is -0.346. The van der Waals surface area contributed by atoms with E-state index in [1.54, 1.807) is 19.3 Å². The summed E-state index contributed by atoms with van der Waals surface area (Å²) < 4.78 is 83.0. The van der Waals surface area contributed by atoms with Crippen LogP contribution in [-0.2, 0) is 51.8 Å². The van der Waals surface area contributed by atoms with Crippen molar-refractivity contribution < 1.29 is 51.0 Å². The van der Waals surface area contributed by atoms with Gasteiger partial charge in [-0.1, -0.05) is 106 Å². The Morgan fingerprint density at radius 1 is 0.718 bits per heavy atom. The number of fused-ring (bicyclic) bond motifs is 1. The molecule has 2 N–H and O–H groups in total. The number of H-pyrrole nitrogens is 2. The van der Waals surface area contributed by atoms with Crippen LogP contribution >= 0.6 is 7.82 Å². The predicted octanol–water partition coefficient (Wildman–Crippen LogP) is 6.17. The van der Waals surface area contributed by atoms with E-state index < -0.39 is 106 Å². The average molecular weight is 1020 g/mol. The first-order chi connectivity index (χ1) is 33.8. The summed E-state index contributed by atoms with van der Waals surface area (Å²) in [5.41, 5.74) is -3.75. The Kier molecular flexibility index (Phi) is 15.1. The van der Waals surface area contributed by atoms with E-state index in [1.165, 1.54) is 43.3 Å². The molecule has 5 aromatic rings. The van der Waals surface area contributed by atoms with Crippen LogP contribution in [0.15, 0.2) is 141 Å². The van der Waals surface area contributed by atoms with Crippen molar-refractivity contribution in [3.8, 4) is 5.75 Å². The summed E-state index contributed by atoms with van der Waals surface area (Å²) in [4.78, 5) is 56.3. The molecule has 3 aliphatic rings. The minimum atomic E-state index is -4.76. The Bertz CT molecular complexity index is 2920. The van der Waals surface area contributed by atoms with Gasteiger partial charge in [-0.25, -0.2) is 14.2 Å². The van der Waals surface area contributed by atoms with E-state index in [4.69, 9.17) is 46.4 Å². The van der Waals surface area contributed by atoms with Gasteiger partial charge in [0.1, 0.15) is 53.6 Å². The lowest BCUT2D eigenvalue weighted by atomic mass is 9.79. The maximum Gasteiger partial charge on any atom is 0.475 e. The van der Waals surface area contributed by atoms with Crippen molar-refractivity contribution in [2.45, 2.75) is 106 Å². The minimum Gasteiger partial charge on any atom is -0.497 e. The zero-order valence-corrected chi connectivity index (χ0v) is 42.9. The van der Waals surface area contributed by atoms with Crippen LogP contribution in [0.1, 0.15) is 56.3 Å². The summed E-state index contributed by atoms with van der Waals surface area (Å²) >= 11 is 0. The number of hydrogen-bond acceptors (Lipinski definition) is 15. The smallest absolute Gasteiger partial charge is 0.475 e. The van der Waals surface area contributed by atoms with Gasteiger partial charge in [-0.15, -0.1) is 0 Å². The third-order valence-corrected chi connectivity index (χ3v) is 19.8. The first-order valence-electron chi connectivity index (χ1n) is 23.1. The molecule has 0 saturated carbocycles. The second-order valence-electron chi connectivity index (χ2n) is 19.1. The zero-order chi connectivity index (χ0) is 50.9. The number of hydrogen-bond donors (Lipinski definition) is 2. The highest BCUT2D eigenvalue weighted by Gasteiger charge is 2.61. The van der Waals surface area contributed by atoms with Crippen LogP contribution in [0.5, 0.6) is 5.75 Å². The van der Waals surface area contributed by atoms with Gasteiger partial charge in [0.2, 0.25) is 0 Å². The molecule has 2 fully saturated rings. The minimum absolute atomic E-state index is 0.0512. The molecule has 2 aromatic heterocycles. The van der Waals surface area contributed by atoms with Gasteiger partial charge >= 0.3 is 19.2 Å². The second-order valence-corrected chi connectivity index (χ2v) is 25.6. The fraction of sp³-hybridized carbons (Fsp3) is 0.440. The van der Waals surface area contributed by atoms with Crippen LogP contribution in [0.4, 0.5) is 0 Å². The summed E-state index contributed by atoms with van der Waals surface area (Å²) in [6, 6.07) is 29.0. The molecule has 5 heterocycles. The standard InChI is InChI=1S/C50H61N4O15PSi/c1-48(2,3)71(8,9)69-43-42(62-6)45(54-30-27-38(56)52-47(54)58)67-49(43)28-16-21-36(39-40(68-70(59,63-7)64-31-49)41(61-5)44(65-39)53-29-26-37(55)51-46(53)57)66-50(32-17-12-10-13-18-32,33-19-14-11-15-20-33)34-22-24-35(60-4)25-23-34/h10-27,29-30,36,39-45H,28,31H2,1-9H3,(H,51,55,57)(H,52,56,58)/t36?,39-,40-,41-,42-,43+,44-,45-,49-,70?/m1/s1. The predicted molar refractivity (Wildman–Crippen MR) is 263 cm³/mol. The van der Waals surface area contributed by atoms with E-state index in [-0.39, 0.29) is 11.5 Å². The topological polar surface area (TPSA) is 219 Å². The quantitative estimate of drug-likeness (QED) is 0.0583. The lowest BCUT2D eigenvalue weighted by Gasteiger charge is -2.43. The van der Waals surface area contributed by atoms with E-state index in [0.29, 0.717) is 22.4 Å². The van der Waals surface area contributed by atoms with Crippen molar-refractivity contribution in [1.82, 2.24) is 19.1 Å². The Morgan fingerprint density at radius 3 is 1.77 bits per heavy atom. The maximum absolute atomic E-state index is 15.3. The monoisotopic (exact) mass is 1020 g/mol. The highest BCUT2D eigenvalue weighted by Crippen LogP contribution is 2.57. The van der Waals surface area contributed by atoms with Gasteiger partial charge in [0.25, 0.3) is 11.1 Å². The molecule has 71 heavy (non-hydrogen) atoms. The Hall–Kier alpha value is -5.35. The van der Waals surface area contributed by atoms with Crippen LogP contribution in [-0.4, -0.2) is 105 Å².